The summed E-state index contributed by atoms with van der Waals surface area (Å²) < 4.78 is 16.0. The van der Waals surface area contributed by atoms with Gasteiger partial charge >= 0.3 is 0 Å². The Kier molecular flexibility index (Phi) is 2.92. The van der Waals surface area contributed by atoms with Crippen molar-refractivity contribution in [2.24, 2.45) is 5.73 Å². The number of fused-ring (bicyclic) bond motifs is 1. The van der Waals surface area contributed by atoms with Crippen LogP contribution in [0.1, 0.15) is 5.82 Å². The fraction of sp³-hybridized carbons (Fsp3) is 0.231. The Morgan fingerprint density at radius 1 is 1.32 bits per heavy atom. The largest absolute Gasteiger partial charge is 0.481 e. The number of nitrogens with zero attached hydrogens (tertiary/aromatic N) is 2. The number of methoxy groups -OCH3 is 1. The van der Waals surface area contributed by atoms with E-state index < -0.39 is 0 Å². The number of hydrogen-bond acceptors (Lipinski definition) is 6. The molecule has 0 unspecified atom stereocenters. The minimum absolute atomic E-state index is 0.221. The summed E-state index contributed by atoms with van der Waals surface area (Å²) in [7, 11) is 1.56. The van der Waals surface area contributed by atoms with E-state index in [4.69, 9.17) is 19.9 Å². The van der Waals surface area contributed by atoms with Crippen LogP contribution in [0.25, 0.3) is 11.3 Å². The molecule has 1 aliphatic rings. The van der Waals surface area contributed by atoms with Gasteiger partial charge in [-0.25, -0.2) is 4.98 Å². The van der Waals surface area contributed by atoms with Crippen LogP contribution in [0, 0.1) is 0 Å². The first-order valence-electron chi connectivity index (χ1n) is 5.83. The highest BCUT2D eigenvalue weighted by molar-refractivity contribution is 5.72. The van der Waals surface area contributed by atoms with Crippen molar-refractivity contribution in [3.63, 3.8) is 0 Å². The van der Waals surface area contributed by atoms with Crippen LogP contribution in [0.4, 0.5) is 0 Å². The molecule has 0 spiro atoms. The fourth-order valence-corrected chi connectivity index (χ4v) is 1.94. The highest BCUT2D eigenvalue weighted by Gasteiger charge is 2.20. The Morgan fingerprint density at radius 2 is 2.21 bits per heavy atom. The first-order chi connectivity index (χ1) is 9.31. The average Bonchev–Trinajstić information content (AvgIpc) is 2.94. The van der Waals surface area contributed by atoms with Crippen LogP contribution in [0.15, 0.2) is 24.3 Å². The highest BCUT2D eigenvalue weighted by Crippen LogP contribution is 2.40. The highest BCUT2D eigenvalue weighted by atomic mass is 16.7. The third-order valence-corrected chi connectivity index (χ3v) is 2.81. The molecule has 0 amide bonds. The van der Waals surface area contributed by atoms with E-state index in [2.05, 4.69) is 9.97 Å². The molecule has 0 atom stereocenters. The van der Waals surface area contributed by atoms with Crippen LogP contribution in [-0.2, 0) is 6.54 Å². The predicted octanol–water partition coefficient (Wildman–Crippen LogP) is 1.34. The molecular formula is C13H13N3O3. The maximum atomic E-state index is 5.60. The molecule has 2 N–H and O–H groups in total. The van der Waals surface area contributed by atoms with Gasteiger partial charge in [-0.2, -0.15) is 4.98 Å². The maximum Gasteiger partial charge on any atom is 0.231 e. The number of rotatable bonds is 3. The fourth-order valence-electron chi connectivity index (χ4n) is 1.94. The van der Waals surface area contributed by atoms with Gasteiger partial charge in [0.15, 0.2) is 11.5 Å². The van der Waals surface area contributed by atoms with Crippen molar-refractivity contribution in [2.45, 2.75) is 6.54 Å². The number of hydrogen-bond donors (Lipinski definition) is 1. The lowest BCUT2D eigenvalue weighted by Crippen LogP contribution is -2.05. The second-order valence-corrected chi connectivity index (χ2v) is 3.96. The van der Waals surface area contributed by atoms with Crippen molar-refractivity contribution >= 4 is 0 Å². The molecular weight excluding hydrogens is 246 g/mol. The van der Waals surface area contributed by atoms with E-state index in [1.165, 1.54) is 0 Å². The van der Waals surface area contributed by atoms with Gasteiger partial charge in [-0.3, -0.25) is 0 Å². The second-order valence-electron chi connectivity index (χ2n) is 3.96. The van der Waals surface area contributed by atoms with Crippen molar-refractivity contribution in [1.82, 2.24) is 9.97 Å². The molecule has 0 radical (unpaired) electrons. The van der Waals surface area contributed by atoms with E-state index in [0.29, 0.717) is 28.9 Å². The zero-order valence-corrected chi connectivity index (χ0v) is 10.4. The molecule has 0 saturated heterocycles. The summed E-state index contributed by atoms with van der Waals surface area (Å²) in [5.74, 6) is 2.39. The molecule has 19 heavy (non-hydrogen) atoms. The summed E-state index contributed by atoms with van der Waals surface area (Å²) in [4.78, 5) is 8.55. The zero-order chi connectivity index (χ0) is 13.2. The topological polar surface area (TPSA) is 79.5 Å². The SMILES string of the molecule is COc1cc(-c2cccc3c2OCO3)nc(CN)n1. The van der Waals surface area contributed by atoms with Crippen LogP contribution in [0.5, 0.6) is 17.4 Å². The van der Waals surface area contributed by atoms with Gasteiger partial charge in [-0.1, -0.05) is 6.07 Å². The van der Waals surface area contributed by atoms with Crippen molar-refractivity contribution in [3.05, 3.63) is 30.1 Å². The molecule has 0 fully saturated rings. The Morgan fingerprint density at radius 3 is 3.00 bits per heavy atom. The van der Waals surface area contributed by atoms with E-state index in [1.807, 2.05) is 18.2 Å². The van der Waals surface area contributed by atoms with Crippen LogP contribution >= 0.6 is 0 Å². The molecule has 1 aromatic carbocycles. The summed E-state index contributed by atoms with van der Waals surface area (Å²) in [6.07, 6.45) is 0. The zero-order valence-electron chi connectivity index (χ0n) is 10.4. The molecule has 0 aliphatic carbocycles. The lowest BCUT2D eigenvalue weighted by Gasteiger charge is -2.08. The molecule has 98 valence electrons. The van der Waals surface area contributed by atoms with Crippen molar-refractivity contribution < 1.29 is 14.2 Å². The van der Waals surface area contributed by atoms with E-state index in [-0.39, 0.29) is 13.3 Å². The lowest BCUT2D eigenvalue weighted by molar-refractivity contribution is 0.174. The molecule has 6 heteroatoms. The number of para-hydroxylation sites is 1. The first kappa shape index (κ1) is 11.7. The molecule has 6 nitrogen and oxygen atoms in total. The van der Waals surface area contributed by atoms with Gasteiger partial charge < -0.3 is 19.9 Å². The van der Waals surface area contributed by atoms with Crippen LogP contribution in [0.2, 0.25) is 0 Å². The number of aromatic nitrogens is 2. The molecule has 0 bridgehead atoms. The molecule has 3 rings (SSSR count). The molecule has 1 aromatic heterocycles. The van der Waals surface area contributed by atoms with Crippen LogP contribution in [-0.4, -0.2) is 23.9 Å². The standard InChI is InChI=1S/C13H13N3O3/c1-17-12-5-9(15-11(6-14)16-12)8-3-2-4-10-13(8)19-7-18-10/h2-5H,6-7,14H2,1H3. The van der Waals surface area contributed by atoms with Crippen LogP contribution in [0.3, 0.4) is 0 Å². The van der Waals surface area contributed by atoms with Gasteiger partial charge in [0.25, 0.3) is 0 Å². The maximum absolute atomic E-state index is 5.60. The second kappa shape index (κ2) is 4.74. The summed E-state index contributed by atoms with van der Waals surface area (Å²) in [5, 5.41) is 0. The number of nitrogens with two attached hydrogens (primary N) is 1. The smallest absolute Gasteiger partial charge is 0.231 e. The molecule has 2 heterocycles. The van der Waals surface area contributed by atoms with Gasteiger partial charge in [-0.15, -0.1) is 0 Å². The van der Waals surface area contributed by atoms with E-state index in [1.54, 1.807) is 13.2 Å². The molecule has 0 saturated carbocycles. The predicted molar refractivity (Wildman–Crippen MR) is 68.0 cm³/mol. The van der Waals surface area contributed by atoms with Gasteiger partial charge in [0.2, 0.25) is 12.7 Å². The summed E-state index contributed by atoms with van der Waals surface area (Å²) >= 11 is 0. The normalized spacial score (nSPS) is 12.5. The van der Waals surface area contributed by atoms with Crippen molar-refractivity contribution in [3.8, 4) is 28.6 Å². The van der Waals surface area contributed by atoms with E-state index >= 15 is 0 Å². The van der Waals surface area contributed by atoms with Gasteiger partial charge in [0, 0.05) is 11.6 Å². The van der Waals surface area contributed by atoms with Gasteiger partial charge in [0.05, 0.1) is 19.3 Å². The minimum Gasteiger partial charge on any atom is -0.481 e. The summed E-state index contributed by atoms with van der Waals surface area (Å²) in [6, 6.07) is 7.40. The average molecular weight is 259 g/mol. The Labute approximate surface area is 110 Å². The minimum atomic E-state index is 0.221. The molecule has 2 aromatic rings. The number of benzene rings is 1. The summed E-state index contributed by atoms with van der Waals surface area (Å²) in [5.41, 5.74) is 7.14. The third-order valence-electron chi connectivity index (χ3n) is 2.81. The quantitative estimate of drug-likeness (QED) is 0.896. The number of ether oxygens (including phenoxy) is 3. The third kappa shape index (κ3) is 2.06. The van der Waals surface area contributed by atoms with Gasteiger partial charge in [0.1, 0.15) is 5.82 Å². The monoisotopic (exact) mass is 259 g/mol. The van der Waals surface area contributed by atoms with Crippen molar-refractivity contribution in [1.29, 1.82) is 0 Å². The Bertz CT molecular complexity index is 594. The van der Waals surface area contributed by atoms with Crippen LogP contribution < -0.4 is 19.9 Å². The molecule has 1 aliphatic heterocycles. The van der Waals surface area contributed by atoms with Gasteiger partial charge in [-0.05, 0) is 12.1 Å². The summed E-state index contributed by atoms with van der Waals surface area (Å²) in [6.45, 7) is 0.467. The first-order valence-corrected chi connectivity index (χ1v) is 5.83. The Balaban J connectivity index is 2.14. The lowest BCUT2D eigenvalue weighted by atomic mass is 10.1. The van der Waals surface area contributed by atoms with E-state index in [0.717, 1.165) is 5.56 Å². The van der Waals surface area contributed by atoms with Crippen molar-refractivity contribution in [2.75, 3.05) is 13.9 Å². The van der Waals surface area contributed by atoms with E-state index in [9.17, 15) is 0 Å². The Hall–Kier alpha value is -2.34.